The van der Waals surface area contributed by atoms with Crippen LogP contribution in [0.1, 0.15) is 66.7 Å². The van der Waals surface area contributed by atoms with Crippen LogP contribution in [0.25, 0.3) is 0 Å². The van der Waals surface area contributed by atoms with Gasteiger partial charge >= 0.3 is 0 Å². The Bertz CT molecular complexity index is 153. The molecular formula is C18H41NO2. The van der Waals surface area contributed by atoms with E-state index in [1.165, 1.54) is 37.8 Å². The Hall–Kier alpha value is -0.930. The largest absolute Gasteiger partial charge is 0.400 e. The van der Waals surface area contributed by atoms with Crippen LogP contribution in [-0.4, -0.2) is 31.6 Å². The van der Waals surface area contributed by atoms with Crippen LogP contribution in [0.15, 0.2) is 25.3 Å². The summed E-state index contributed by atoms with van der Waals surface area (Å²) in [6.07, 6.45) is 6.40. The molecule has 0 spiro atoms. The number of aliphatic hydroxyl groups is 1. The Morgan fingerprint density at radius 3 is 1.86 bits per heavy atom. The fraction of sp³-hybridized carbons (Fsp3) is 0.722. The fourth-order valence-corrected chi connectivity index (χ4v) is 1.56. The summed E-state index contributed by atoms with van der Waals surface area (Å²) in [4.78, 5) is 8.00. The van der Waals surface area contributed by atoms with Gasteiger partial charge < -0.3 is 15.2 Å². The monoisotopic (exact) mass is 303 g/mol. The number of nitrogens with one attached hydrogen (secondary N) is 1. The molecule has 130 valence electrons. The number of allylic oxidation sites excluding steroid dienone is 1. The van der Waals surface area contributed by atoms with Crippen molar-refractivity contribution in [1.82, 2.24) is 5.32 Å². The standard InChI is InChI=1S/C10H19N.2C2H6.C2H4.CH4O.CH2O/c1-3-9(2)6-7-10-5-4-8-11-10;5*1-2/h10-11H,2-8H2,1H3;2*1-2H3;1-2H2;2H,1H3;1H2. The minimum Gasteiger partial charge on any atom is -0.400 e. The van der Waals surface area contributed by atoms with Crippen molar-refractivity contribution in [2.75, 3.05) is 13.7 Å². The summed E-state index contributed by atoms with van der Waals surface area (Å²) in [5, 5.41) is 10.5. The number of carbonyl (C=O) groups excluding carboxylic acids is 1. The highest BCUT2D eigenvalue weighted by atomic mass is 16.2. The molecule has 0 aromatic heterocycles. The molecule has 0 aliphatic carbocycles. The van der Waals surface area contributed by atoms with Crippen LogP contribution in [-0.2, 0) is 4.79 Å². The third kappa shape index (κ3) is 32.5. The van der Waals surface area contributed by atoms with Crippen molar-refractivity contribution in [2.45, 2.75) is 72.8 Å². The van der Waals surface area contributed by atoms with E-state index in [4.69, 9.17) is 9.90 Å². The van der Waals surface area contributed by atoms with Gasteiger partial charge in [0.15, 0.2) is 0 Å². The Morgan fingerprint density at radius 2 is 1.57 bits per heavy atom. The number of hydrogen-bond acceptors (Lipinski definition) is 3. The van der Waals surface area contributed by atoms with Crippen LogP contribution in [0.2, 0.25) is 0 Å². The molecule has 21 heavy (non-hydrogen) atoms. The van der Waals surface area contributed by atoms with Gasteiger partial charge in [-0.1, -0.05) is 46.8 Å². The highest BCUT2D eigenvalue weighted by Gasteiger charge is 2.12. The topological polar surface area (TPSA) is 49.3 Å². The van der Waals surface area contributed by atoms with Gasteiger partial charge in [0.1, 0.15) is 6.79 Å². The van der Waals surface area contributed by atoms with E-state index in [1.54, 1.807) is 0 Å². The molecule has 1 rings (SSSR count). The summed E-state index contributed by atoms with van der Waals surface area (Å²) in [5.74, 6) is 0. The quantitative estimate of drug-likeness (QED) is 0.736. The van der Waals surface area contributed by atoms with Crippen molar-refractivity contribution in [1.29, 1.82) is 0 Å². The average molecular weight is 304 g/mol. The van der Waals surface area contributed by atoms with E-state index in [0.717, 1.165) is 19.6 Å². The van der Waals surface area contributed by atoms with Gasteiger partial charge in [0.05, 0.1) is 0 Å². The first-order chi connectivity index (χ1) is 10.3. The van der Waals surface area contributed by atoms with Crippen LogP contribution in [0.5, 0.6) is 0 Å². The highest BCUT2D eigenvalue weighted by molar-refractivity contribution is 5.11. The molecule has 1 unspecified atom stereocenters. The molecule has 0 bridgehead atoms. The Kier molecular flexibility index (Phi) is 65.4. The molecule has 1 aliphatic rings. The van der Waals surface area contributed by atoms with Crippen molar-refractivity contribution in [3.63, 3.8) is 0 Å². The van der Waals surface area contributed by atoms with Gasteiger partial charge in [0, 0.05) is 13.2 Å². The summed E-state index contributed by atoms with van der Waals surface area (Å²) in [6, 6.07) is 0.790. The van der Waals surface area contributed by atoms with Gasteiger partial charge in [-0.25, -0.2) is 0 Å². The first-order valence-corrected chi connectivity index (χ1v) is 7.96. The maximum Gasteiger partial charge on any atom is 0.106 e. The zero-order valence-corrected chi connectivity index (χ0v) is 15.5. The molecule has 3 nitrogen and oxygen atoms in total. The van der Waals surface area contributed by atoms with E-state index in [2.05, 4.69) is 32.0 Å². The van der Waals surface area contributed by atoms with E-state index in [1.807, 2.05) is 34.5 Å². The van der Waals surface area contributed by atoms with Gasteiger partial charge in [-0.05, 0) is 38.6 Å². The SMILES string of the molecule is C=C.C=C(CC)CCC1CCCN1.C=O.CC.CC.CO. The van der Waals surface area contributed by atoms with Gasteiger partial charge in [-0.15, -0.1) is 13.2 Å². The summed E-state index contributed by atoms with van der Waals surface area (Å²) in [7, 11) is 1.00. The molecule has 0 radical (unpaired) electrons. The molecule has 0 amide bonds. The van der Waals surface area contributed by atoms with Crippen LogP contribution in [0, 0.1) is 0 Å². The van der Waals surface area contributed by atoms with E-state index >= 15 is 0 Å². The van der Waals surface area contributed by atoms with Gasteiger partial charge in [0.25, 0.3) is 0 Å². The lowest BCUT2D eigenvalue weighted by Gasteiger charge is -2.09. The van der Waals surface area contributed by atoms with E-state index < -0.39 is 0 Å². The van der Waals surface area contributed by atoms with Gasteiger partial charge in [0.2, 0.25) is 0 Å². The molecule has 1 aliphatic heterocycles. The minimum atomic E-state index is 0.790. The summed E-state index contributed by atoms with van der Waals surface area (Å²) in [6.45, 7) is 23.4. The number of carbonyl (C=O) groups is 1. The molecule has 1 saturated heterocycles. The zero-order chi connectivity index (χ0) is 18.1. The summed E-state index contributed by atoms with van der Waals surface area (Å²) in [5.41, 5.74) is 1.40. The van der Waals surface area contributed by atoms with Gasteiger partial charge in [-0.3, -0.25) is 0 Å². The molecule has 1 heterocycles. The van der Waals surface area contributed by atoms with Crippen molar-refractivity contribution < 1.29 is 9.90 Å². The Balaban J connectivity index is -0.0000000727. The van der Waals surface area contributed by atoms with Crippen LogP contribution >= 0.6 is 0 Å². The third-order valence-electron chi connectivity index (χ3n) is 2.51. The molecule has 0 aromatic carbocycles. The number of aliphatic hydroxyl groups excluding tert-OH is 1. The second-order valence-corrected chi connectivity index (χ2v) is 3.44. The Labute approximate surface area is 134 Å². The predicted octanol–water partition coefficient (Wildman–Crippen LogP) is 4.76. The van der Waals surface area contributed by atoms with E-state index in [0.29, 0.717) is 0 Å². The van der Waals surface area contributed by atoms with Crippen LogP contribution in [0.4, 0.5) is 0 Å². The van der Waals surface area contributed by atoms with Crippen molar-refractivity contribution in [3.8, 4) is 0 Å². The maximum atomic E-state index is 8.00. The minimum absolute atomic E-state index is 0.790. The smallest absolute Gasteiger partial charge is 0.106 e. The first kappa shape index (κ1) is 32.1. The third-order valence-corrected chi connectivity index (χ3v) is 2.51. The second kappa shape index (κ2) is 42.7. The molecule has 0 saturated carbocycles. The van der Waals surface area contributed by atoms with E-state index in [-0.39, 0.29) is 0 Å². The van der Waals surface area contributed by atoms with Crippen LogP contribution in [0.3, 0.4) is 0 Å². The average Bonchev–Trinajstić information content (AvgIpc) is 3.15. The lowest BCUT2D eigenvalue weighted by molar-refractivity contribution is -0.0979. The molecule has 1 fully saturated rings. The number of hydrogen-bond donors (Lipinski definition) is 2. The van der Waals surface area contributed by atoms with Crippen molar-refractivity contribution >= 4 is 6.79 Å². The van der Waals surface area contributed by atoms with Gasteiger partial charge in [-0.2, -0.15) is 0 Å². The van der Waals surface area contributed by atoms with Crippen molar-refractivity contribution in [3.05, 3.63) is 25.3 Å². The van der Waals surface area contributed by atoms with Crippen molar-refractivity contribution in [2.24, 2.45) is 0 Å². The number of rotatable bonds is 4. The molecular weight excluding hydrogens is 262 g/mol. The van der Waals surface area contributed by atoms with Crippen LogP contribution < -0.4 is 5.32 Å². The lowest BCUT2D eigenvalue weighted by Crippen LogP contribution is -2.20. The second-order valence-electron chi connectivity index (χ2n) is 3.44. The Morgan fingerprint density at radius 1 is 1.14 bits per heavy atom. The molecule has 1 atom stereocenters. The summed E-state index contributed by atoms with van der Waals surface area (Å²) < 4.78 is 0. The normalized spacial score (nSPS) is 13.8. The molecule has 0 aromatic rings. The zero-order valence-electron chi connectivity index (χ0n) is 15.5. The molecule has 3 heteroatoms. The molecule has 2 N–H and O–H groups in total. The highest BCUT2D eigenvalue weighted by Crippen LogP contribution is 2.14. The van der Waals surface area contributed by atoms with E-state index in [9.17, 15) is 0 Å². The summed E-state index contributed by atoms with van der Waals surface area (Å²) >= 11 is 0. The maximum absolute atomic E-state index is 8.00. The predicted molar refractivity (Wildman–Crippen MR) is 98.9 cm³/mol. The lowest BCUT2D eigenvalue weighted by atomic mass is 10.0. The fourth-order valence-electron chi connectivity index (χ4n) is 1.56. The first-order valence-electron chi connectivity index (χ1n) is 7.96.